The maximum absolute atomic E-state index is 15.6. The molecule has 3 aromatic carbocycles. The summed E-state index contributed by atoms with van der Waals surface area (Å²) in [6, 6.07) is 11.5. The van der Waals surface area contributed by atoms with E-state index in [0.717, 1.165) is 61.2 Å². The lowest BCUT2D eigenvalue weighted by Crippen LogP contribution is -2.42. The van der Waals surface area contributed by atoms with Gasteiger partial charge in [-0.15, -0.1) is 0 Å². The lowest BCUT2D eigenvalue weighted by Gasteiger charge is -2.23. The number of aromatic nitrogens is 3. The van der Waals surface area contributed by atoms with Crippen molar-refractivity contribution < 1.29 is 32.5 Å². The number of fused-ring (bicyclic) bond motifs is 3. The molecule has 0 atom stereocenters. The number of carbonyl (C=O) groups excluding carboxylic acids is 1. The molecule has 53 heavy (non-hydrogen) atoms. The molecule has 0 fully saturated rings. The van der Waals surface area contributed by atoms with Crippen LogP contribution in [0.2, 0.25) is 0 Å². The molecule has 278 valence electrons. The van der Waals surface area contributed by atoms with Crippen LogP contribution in [0.15, 0.2) is 76.6 Å². The molecule has 5 aromatic rings. The van der Waals surface area contributed by atoms with E-state index in [1.165, 1.54) is 35.0 Å². The Hall–Kier alpha value is -5.76. The largest absolute Gasteiger partial charge is 0.489 e. The summed E-state index contributed by atoms with van der Waals surface area (Å²) in [6.07, 6.45) is 6.84. The Labute approximate surface area is 304 Å². The predicted molar refractivity (Wildman–Crippen MR) is 196 cm³/mol. The number of anilines is 1. The molecule has 1 aliphatic heterocycles. The van der Waals surface area contributed by atoms with E-state index in [0.29, 0.717) is 41.4 Å². The number of rotatable bonds is 14. The van der Waals surface area contributed by atoms with Gasteiger partial charge in [0.25, 0.3) is 11.5 Å². The summed E-state index contributed by atoms with van der Waals surface area (Å²) < 4.78 is 55.3. The molecule has 0 unspecified atom stereocenters. The zero-order chi connectivity index (χ0) is 37.6. The van der Waals surface area contributed by atoms with Crippen molar-refractivity contribution in [1.29, 1.82) is 0 Å². The predicted octanol–water partition coefficient (Wildman–Crippen LogP) is 6.72. The number of hydrogen-bond acceptors (Lipinski definition) is 9. The van der Waals surface area contributed by atoms with E-state index in [-0.39, 0.29) is 35.0 Å². The van der Waals surface area contributed by atoms with Crippen LogP contribution in [0.1, 0.15) is 55.9 Å². The first-order chi connectivity index (χ1) is 25.5. The zero-order valence-corrected chi connectivity index (χ0v) is 30.0. The highest BCUT2D eigenvalue weighted by Gasteiger charge is 2.26. The van der Waals surface area contributed by atoms with Crippen molar-refractivity contribution in [2.75, 3.05) is 45.8 Å². The van der Waals surface area contributed by atoms with Gasteiger partial charge in [0.2, 0.25) is 5.75 Å². The van der Waals surface area contributed by atoms with Crippen LogP contribution in [-0.2, 0) is 0 Å². The van der Waals surface area contributed by atoms with Gasteiger partial charge in [-0.25, -0.2) is 18.1 Å². The Morgan fingerprint density at radius 2 is 1.66 bits per heavy atom. The first-order valence-electron chi connectivity index (χ1n) is 17.4. The van der Waals surface area contributed by atoms with E-state index in [2.05, 4.69) is 29.3 Å². The first-order valence-corrected chi connectivity index (χ1v) is 17.4. The second-order valence-electron chi connectivity index (χ2n) is 13.1. The fraction of sp³-hybridized carbons (Fsp3) is 0.333. The Bertz CT molecular complexity index is 2240. The molecule has 6 rings (SSSR count). The molecule has 3 heterocycles. The smallest absolute Gasteiger partial charge is 0.335 e. The topological polar surface area (TPSA) is 126 Å². The van der Waals surface area contributed by atoms with Crippen LogP contribution in [0.25, 0.3) is 16.6 Å². The highest BCUT2D eigenvalue weighted by atomic mass is 19.1. The number of pyridine rings is 1. The summed E-state index contributed by atoms with van der Waals surface area (Å²) in [5.74, 6) is -0.810. The number of carbonyl (C=O) groups is 1. The number of nitrogens with one attached hydrogen (secondary N) is 1. The Morgan fingerprint density at radius 1 is 0.925 bits per heavy atom. The van der Waals surface area contributed by atoms with E-state index in [1.54, 1.807) is 26.0 Å². The van der Waals surface area contributed by atoms with Crippen molar-refractivity contribution in [3.63, 3.8) is 0 Å². The molecule has 14 heteroatoms. The molecule has 0 saturated heterocycles. The molecule has 0 radical (unpaired) electrons. The highest BCUT2D eigenvalue weighted by Crippen LogP contribution is 2.48. The van der Waals surface area contributed by atoms with Crippen molar-refractivity contribution in [2.24, 2.45) is 0 Å². The second kappa shape index (κ2) is 16.3. The fourth-order valence-corrected chi connectivity index (χ4v) is 5.93. The Balaban J connectivity index is 1.22. The molecular weight excluding hydrogens is 688 g/mol. The molecule has 1 amide bonds. The molecule has 1 N–H and O–H groups in total. The van der Waals surface area contributed by atoms with Gasteiger partial charge in [-0.2, -0.15) is 0 Å². The van der Waals surface area contributed by atoms with E-state index in [9.17, 15) is 18.8 Å². The van der Waals surface area contributed by atoms with E-state index in [1.807, 2.05) is 0 Å². The normalized spacial score (nSPS) is 12.4. The van der Waals surface area contributed by atoms with Crippen LogP contribution in [0.3, 0.4) is 0 Å². The molecule has 0 saturated carbocycles. The van der Waals surface area contributed by atoms with Gasteiger partial charge in [-0.1, -0.05) is 12.8 Å². The molecule has 0 bridgehead atoms. The minimum absolute atomic E-state index is 0.0306. The number of benzene rings is 3. The van der Waals surface area contributed by atoms with Gasteiger partial charge >= 0.3 is 5.69 Å². The average Bonchev–Trinajstić information content (AvgIpc) is 3.12. The first kappa shape index (κ1) is 37.0. The van der Waals surface area contributed by atoms with Crippen LogP contribution >= 0.6 is 0 Å². The summed E-state index contributed by atoms with van der Waals surface area (Å²) >= 11 is 0. The van der Waals surface area contributed by atoms with Gasteiger partial charge in [-0.05, 0) is 89.8 Å². The number of unbranched alkanes of at least 4 members (excludes halogenated alkanes) is 3. The standard InChI is InChI=1S/C39H41F2N5O7/c1-24(2)45-23-28(38(48)46(39(45)49)27-12-9-25(40)10-13-27)37(47)43-26-11-14-31(29(41)21-26)53-32-15-16-42-30-22-33(35-36(34(30)32)52-20-19-51-35)50-18-8-6-5-7-17-44(3)4/h9-16,21-24H,5-8,17-20H2,1-4H3,(H,43,47). The van der Waals surface area contributed by atoms with E-state index in [4.69, 9.17) is 18.9 Å². The van der Waals surface area contributed by atoms with Gasteiger partial charge < -0.3 is 29.2 Å². The minimum atomic E-state index is -0.917. The molecular formula is C39H41F2N5O7. The summed E-state index contributed by atoms with van der Waals surface area (Å²) in [7, 11) is 4.13. The van der Waals surface area contributed by atoms with Crippen LogP contribution in [0.5, 0.6) is 28.7 Å². The SMILES string of the molecule is CC(C)n1cc(C(=O)Nc2ccc(Oc3ccnc4cc(OCCCCCCN(C)C)c5c(c34)OCCO5)c(F)c2)c(=O)n(-c2ccc(F)cc2)c1=O. The summed E-state index contributed by atoms with van der Waals surface area (Å²) in [4.78, 5) is 46.7. The third-order valence-electron chi connectivity index (χ3n) is 8.61. The number of nitrogens with zero attached hydrogens (tertiary/aromatic N) is 4. The molecule has 0 spiro atoms. The van der Waals surface area contributed by atoms with Gasteiger partial charge in [0.05, 0.1) is 23.2 Å². The van der Waals surface area contributed by atoms with Crippen molar-refractivity contribution in [3.8, 4) is 34.4 Å². The molecule has 1 aliphatic rings. The zero-order valence-electron chi connectivity index (χ0n) is 30.0. The number of amides is 1. The van der Waals surface area contributed by atoms with Gasteiger partial charge in [0.1, 0.15) is 30.3 Å². The third kappa shape index (κ3) is 8.33. The van der Waals surface area contributed by atoms with E-state index < -0.39 is 34.8 Å². The minimum Gasteiger partial charge on any atom is -0.489 e. The van der Waals surface area contributed by atoms with Gasteiger partial charge in [0, 0.05) is 36.3 Å². The Morgan fingerprint density at radius 3 is 2.38 bits per heavy atom. The fourth-order valence-electron chi connectivity index (χ4n) is 5.93. The average molecular weight is 730 g/mol. The van der Waals surface area contributed by atoms with Gasteiger partial charge in [0.15, 0.2) is 23.1 Å². The van der Waals surface area contributed by atoms with Crippen molar-refractivity contribution >= 4 is 22.5 Å². The maximum atomic E-state index is 15.6. The van der Waals surface area contributed by atoms with Crippen molar-refractivity contribution in [3.05, 3.63) is 105 Å². The van der Waals surface area contributed by atoms with Crippen LogP contribution in [0, 0.1) is 11.6 Å². The number of hydrogen-bond donors (Lipinski definition) is 1. The maximum Gasteiger partial charge on any atom is 0.335 e. The monoisotopic (exact) mass is 729 g/mol. The molecule has 12 nitrogen and oxygen atoms in total. The second-order valence-corrected chi connectivity index (χ2v) is 13.1. The van der Waals surface area contributed by atoms with Gasteiger partial charge in [-0.3, -0.25) is 19.1 Å². The summed E-state index contributed by atoms with van der Waals surface area (Å²) in [5.41, 5.74) is -1.37. The molecule has 0 aliphatic carbocycles. The quantitative estimate of drug-likeness (QED) is 0.124. The van der Waals surface area contributed by atoms with Crippen molar-refractivity contribution in [2.45, 2.75) is 45.6 Å². The lowest BCUT2D eigenvalue weighted by molar-refractivity contribution is 0.102. The van der Waals surface area contributed by atoms with E-state index >= 15 is 4.39 Å². The Kier molecular flexibility index (Phi) is 11.4. The van der Waals surface area contributed by atoms with Crippen molar-refractivity contribution in [1.82, 2.24) is 19.0 Å². The number of halogens is 2. The number of ether oxygens (including phenoxy) is 4. The van der Waals surface area contributed by atoms with Crippen LogP contribution < -0.4 is 35.5 Å². The van der Waals surface area contributed by atoms with Crippen LogP contribution in [0.4, 0.5) is 14.5 Å². The molecule has 2 aromatic heterocycles. The summed E-state index contributed by atoms with van der Waals surface area (Å²) in [6.45, 7) is 5.59. The summed E-state index contributed by atoms with van der Waals surface area (Å²) in [5, 5.41) is 3.01. The highest BCUT2D eigenvalue weighted by molar-refractivity contribution is 6.04. The van der Waals surface area contributed by atoms with Crippen LogP contribution in [-0.4, -0.2) is 65.4 Å². The third-order valence-corrected chi connectivity index (χ3v) is 8.61. The lowest BCUT2D eigenvalue weighted by atomic mass is 10.1.